The molecule has 1 aliphatic carbocycles. The van der Waals surface area contributed by atoms with E-state index in [1.165, 1.54) is 0 Å². The van der Waals surface area contributed by atoms with Gasteiger partial charge in [-0.25, -0.2) is 4.79 Å². The number of esters is 1. The lowest BCUT2D eigenvalue weighted by Crippen LogP contribution is -2.22. The van der Waals surface area contributed by atoms with Crippen molar-refractivity contribution in [3.63, 3.8) is 0 Å². The number of anilines is 1. The summed E-state index contributed by atoms with van der Waals surface area (Å²) in [6, 6.07) is 8.54. The minimum Gasteiger partial charge on any atom is -0.462 e. The molecule has 0 spiro atoms. The van der Waals surface area contributed by atoms with E-state index in [-0.39, 0.29) is 11.9 Å². The lowest BCUT2D eigenvalue weighted by Gasteiger charge is -2.09. The van der Waals surface area contributed by atoms with Crippen LogP contribution in [0.5, 0.6) is 0 Å². The third-order valence-corrected chi connectivity index (χ3v) is 3.51. The highest BCUT2D eigenvalue weighted by atomic mass is 16.5. The summed E-state index contributed by atoms with van der Waals surface area (Å²) >= 11 is 0. The molecule has 1 fully saturated rings. The van der Waals surface area contributed by atoms with Gasteiger partial charge in [-0.05, 0) is 43.5 Å². The van der Waals surface area contributed by atoms with Gasteiger partial charge in [0.05, 0.1) is 18.2 Å². The van der Waals surface area contributed by atoms with E-state index < -0.39 is 5.41 Å². The number of amides is 1. The van der Waals surface area contributed by atoms with Crippen molar-refractivity contribution in [2.45, 2.75) is 32.6 Å². The molecule has 0 radical (unpaired) electrons. The smallest absolute Gasteiger partial charge is 0.338 e. The summed E-state index contributed by atoms with van der Waals surface area (Å²) in [4.78, 5) is 23.6. The lowest BCUT2D eigenvalue weighted by molar-refractivity contribution is -0.119. The van der Waals surface area contributed by atoms with Crippen LogP contribution in [0.3, 0.4) is 0 Å². The molecule has 1 N–H and O–H groups in total. The summed E-state index contributed by atoms with van der Waals surface area (Å²) in [5, 5.41) is 11.7. The number of nitrogens with one attached hydrogen (secondary N) is 1. The second-order valence-electron chi connectivity index (χ2n) is 5.21. The van der Waals surface area contributed by atoms with Crippen LogP contribution in [-0.2, 0) is 9.53 Å². The Hall–Kier alpha value is -2.35. The molecule has 5 heteroatoms. The largest absolute Gasteiger partial charge is 0.462 e. The molecule has 1 amide bonds. The predicted octanol–water partition coefficient (Wildman–Crippen LogP) is 2.89. The van der Waals surface area contributed by atoms with Crippen molar-refractivity contribution in [2.75, 3.05) is 11.9 Å². The van der Waals surface area contributed by atoms with Crippen LogP contribution in [0.2, 0.25) is 0 Å². The Labute approximate surface area is 123 Å². The third kappa shape index (κ3) is 3.60. The molecular formula is C16H18N2O3. The maximum Gasteiger partial charge on any atom is 0.338 e. The third-order valence-electron chi connectivity index (χ3n) is 3.51. The van der Waals surface area contributed by atoms with Crippen LogP contribution < -0.4 is 5.32 Å². The molecule has 1 aromatic rings. The molecular weight excluding hydrogens is 268 g/mol. The summed E-state index contributed by atoms with van der Waals surface area (Å²) in [5.74, 6) is -0.639. The van der Waals surface area contributed by atoms with Gasteiger partial charge in [0.15, 0.2) is 0 Å². The topological polar surface area (TPSA) is 79.2 Å². The van der Waals surface area contributed by atoms with Gasteiger partial charge < -0.3 is 10.1 Å². The number of hydrogen-bond donors (Lipinski definition) is 1. The molecule has 0 atom stereocenters. The zero-order valence-electron chi connectivity index (χ0n) is 12.0. The van der Waals surface area contributed by atoms with E-state index in [0.717, 1.165) is 12.8 Å². The molecule has 0 aliphatic heterocycles. The number of nitrogens with zero attached hydrogens (tertiary/aromatic N) is 1. The highest BCUT2D eigenvalue weighted by molar-refractivity contribution is 5.99. The van der Waals surface area contributed by atoms with Crippen molar-refractivity contribution in [1.29, 1.82) is 5.26 Å². The SMILES string of the molecule is CCCCOC(=O)c1ccc(NC(=O)C2(C#N)CC2)cc1. The first-order valence-corrected chi connectivity index (χ1v) is 7.11. The van der Waals surface area contributed by atoms with E-state index in [1.54, 1.807) is 24.3 Å². The van der Waals surface area contributed by atoms with Gasteiger partial charge in [0.2, 0.25) is 5.91 Å². The maximum atomic E-state index is 11.9. The van der Waals surface area contributed by atoms with Gasteiger partial charge in [-0.2, -0.15) is 5.26 Å². The van der Waals surface area contributed by atoms with Crippen molar-refractivity contribution in [2.24, 2.45) is 5.41 Å². The van der Waals surface area contributed by atoms with Crippen LogP contribution in [0.25, 0.3) is 0 Å². The van der Waals surface area contributed by atoms with E-state index in [0.29, 0.717) is 30.7 Å². The van der Waals surface area contributed by atoms with Gasteiger partial charge in [0.1, 0.15) is 5.41 Å². The van der Waals surface area contributed by atoms with Gasteiger partial charge in [-0.15, -0.1) is 0 Å². The van der Waals surface area contributed by atoms with Crippen LogP contribution >= 0.6 is 0 Å². The minimum atomic E-state index is -0.849. The van der Waals surface area contributed by atoms with Crippen LogP contribution in [-0.4, -0.2) is 18.5 Å². The number of carbonyl (C=O) groups is 2. The first-order valence-electron chi connectivity index (χ1n) is 7.11. The fourth-order valence-electron chi connectivity index (χ4n) is 1.85. The maximum absolute atomic E-state index is 11.9. The van der Waals surface area contributed by atoms with Crippen LogP contribution in [0, 0.1) is 16.7 Å². The summed E-state index contributed by atoms with van der Waals surface area (Å²) in [6.45, 7) is 2.44. The van der Waals surface area contributed by atoms with Gasteiger partial charge >= 0.3 is 5.97 Å². The molecule has 110 valence electrons. The van der Waals surface area contributed by atoms with Crippen molar-refractivity contribution in [1.82, 2.24) is 0 Å². The van der Waals surface area contributed by atoms with Crippen LogP contribution in [0.4, 0.5) is 5.69 Å². The number of ether oxygens (including phenoxy) is 1. The normalized spacial score (nSPS) is 14.9. The fraction of sp³-hybridized carbons (Fsp3) is 0.438. The minimum absolute atomic E-state index is 0.275. The lowest BCUT2D eigenvalue weighted by atomic mass is 10.1. The average Bonchev–Trinajstić information content (AvgIpc) is 3.29. The van der Waals surface area contributed by atoms with Crippen molar-refractivity contribution < 1.29 is 14.3 Å². The summed E-state index contributed by atoms with van der Waals surface area (Å²) in [6.07, 6.45) is 3.03. The summed E-state index contributed by atoms with van der Waals surface area (Å²) in [5.41, 5.74) is 0.176. The Kier molecular flexibility index (Phi) is 4.59. The monoisotopic (exact) mass is 286 g/mol. The van der Waals surface area contributed by atoms with Gasteiger partial charge in [0.25, 0.3) is 0 Å². The van der Waals surface area contributed by atoms with Crippen molar-refractivity contribution in [3.8, 4) is 6.07 Å². The van der Waals surface area contributed by atoms with Gasteiger partial charge in [-0.3, -0.25) is 4.79 Å². The molecule has 2 rings (SSSR count). The Morgan fingerprint density at radius 2 is 2.00 bits per heavy atom. The van der Waals surface area contributed by atoms with Crippen molar-refractivity contribution >= 4 is 17.6 Å². The second-order valence-corrected chi connectivity index (χ2v) is 5.21. The summed E-state index contributed by atoms with van der Waals surface area (Å²) < 4.78 is 5.10. The highest BCUT2D eigenvalue weighted by Gasteiger charge is 2.50. The Morgan fingerprint density at radius 3 is 2.52 bits per heavy atom. The second kappa shape index (κ2) is 6.40. The number of hydrogen-bond acceptors (Lipinski definition) is 4. The molecule has 0 aromatic heterocycles. The molecule has 1 aliphatic rings. The van der Waals surface area contributed by atoms with Crippen LogP contribution in [0.1, 0.15) is 43.0 Å². The van der Waals surface area contributed by atoms with Crippen LogP contribution in [0.15, 0.2) is 24.3 Å². The zero-order chi connectivity index (χ0) is 15.3. The van der Waals surface area contributed by atoms with E-state index >= 15 is 0 Å². The highest BCUT2D eigenvalue weighted by Crippen LogP contribution is 2.45. The molecule has 1 saturated carbocycles. The standard InChI is InChI=1S/C16H18N2O3/c1-2-3-10-21-14(19)12-4-6-13(7-5-12)18-15(20)16(11-17)8-9-16/h4-7H,2-3,8-10H2,1H3,(H,18,20). The number of rotatable bonds is 6. The molecule has 0 unspecified atom stereocenters. The zero-order valence-corrected chi connectivity index (χ0v) is 12.0. The number of carbonyl (C=O) groups excluding carboxylic acids is 2. The molecule has 1 aromatic carbocycles. The number of benzene rings is 1. The Morgan fingerprint density at radius 1 is 1.33 bits per heavy atom. The summed E-state index contributed by atoms with van der Waals surface area (Å²) in [7, 11) is 0. The average molecular weight is 286 g/mol. The quantitative estimate of drug-likeness (QED) is 0.644. The Bertz CT molecular complexity index is 568. The van der Waals surface area contributed by atoms with Gasteiger partial charge in [0, 0.05) is 5.69 Å². The molecule has 0 bridgehead atoms. The molecule has 0 saturated heterocycles. The van der Waals surface area contributed by atoms with E-state index in [1.807, 2.05) is 13.0 Å². The van der Waals surface area contributed by atoms with E-state index in [9.17, 15) is 9.59 Å². The molecule has 21 heavy (non-hydrogen) atoms. The van der Waals surface area contributed by atoms with E-state index in [2.05, 4.69) is 5.32 Å². The molecule has 5 nitrogen and oxygen atoms in total. The fourth-order valence-corrected chi connectivity index (χ4v) is 1.85. The van der Waals surface area contributed by atoms with E-state index in [4.69, 9.17) is 10.00 Å². The number of unbranched alkanes of at least 4 members (excludes halogenated alkanes) is 1. The predicted molar refractivity (Wildman–Crippen MR) is 77.5 cm³/mol. The molecule has 0 heterocycles. The Balaban J connectivity index is 1.92. The first-order chi connectivity index (χ1) is 10.1. The van der Waals surface area contributed by atoms with Gasteiger partial charge in [-0.1, -0.05) is 13.3 Å². The first kappa shape index (κ1) is 15.0. The number of nitriles is 1. The van der Waals surface area contributed by atoms with Crippen molar-refractivity contribution in [3.05, 3.63) is 29.8 Å².